The second-order valence-electron chi connectivity index (χ2n) is 5.43. The summed E-state index contributed by atoms with van der Waals surface area (Å²) in [7, 11) is 0. The van der Waals surface area contributed by atoms with E-state index in [9.17, 15) is 4.79 Å². The molecule has 1 aliphatic heterocycles. The molecule has 2 rings (SSSR count). The first kappa shape index (κ1) is 15.4. The van der Waals surface area contributed by atoms with Gasteiger partial charge in [-0.15, -0.1) is 11.3 Å². The molecule has 20 heavy (non-hydrogen) atoms. The molecular weight excluding hydrogens is 274 g/mol. The normalized spacial score (nSPS) is 17.1. The van der Waals surface area contributed by atoms with Gasteiger partial charge in [-0.05, 0) is 20.3 Å². The van der Waals surface area contributed by atoms with Crippen molar-refractivity contribution in [3.63, 3.8) is 0 Å². The quantitative estimate of drug-likeness (QED) is 0.893. The van der Waals surface area contributed by atoms with E-state index < -0.39 is 5.54 Å². The van der Waals surface area contributed by atoms with Gasteiger partial charge in [-0.1, -0.05) is 6.92 Å². The standard InChI is InChI=1S/C14H23N3O2S/c1-4-11-10-20-12(16-11)9-15-13(18)14(2,3)17-5-7-19-8-6-17/h10H,4-9H2,1-3H3,(H,15,18). The van der Waals surface area contributed by atoms with Crippen LogP contribution in [-0.4, -0.2) is 47.6 Å². The predicted molar refractivity (Wildman–Crippen MR) is 79.8 cm³/mol. The fourth-order valence-corrected chi connectivity index (χ4v) is 3.05. The molecule has 0 unspecified atom stereocenters. The van der Waals surface area contributed by atoms with Gasteiger partial charge in [0.2, 0.25) is 5.91 Å². The molecule has 0 aromatic carbocycles. The molecular formula is C14H23N3O2S. The zero-order valence-corrected chi connectivity index (χ0v) is 13.3. The molecule has 112 valence electrons. The molecule has 1 saturated heterocycles. The maximum absolute atomic E-state index is 12.4. The molecule has 5 nitrogen and oxygen atoms in total. The van der Waals surface area contributed by atoms with Crippen molar-refractivity contribution in [3.05, 3.63) is 16.1 Å². The minimum absolute atomic E-state index is 0.0487. The van der Waals surface area contributed by atoms with Crippen molar-refractivity contribution in [1.82, 2.24) is 15.2 Å². The minimum Gasteiger partial charge on any atom is -0.379 e. The van der Waals surface area contributed by atoms with Crippen molar-refractivity contribution in [2.75, 3.05) is 26.3 Å². The van der Waals surface area contributed by atoms with E-state index in [1.54, 1.807) is 11.3 Å². The Morgan fingerprint density at radius 2 is 2.20 bits per heavy atom. The Balaban J connectivity index is 1.89. The SMILES string of the molecule is CCc1csc(CNC(=O)C(C)(C)N2CCOCC2)n1. The Kier molecular flexibility index (Phi) is 5.12. The van der Waals surface area contributed by atoms with E-state index in [1.807, 2.05) is 13.8 Å². The number of morpholine rings is 1. The van der Waals surface area contributed by atoms with Gasteiger partial charge in [0.25, 0.3) is 0 Å². The van der Waals surface area contributed by atoms with Gasteiger partial charge in [0, 0.05) is 18.5 Å². The zero-order chi connectivity index (χ0) is 14.6. The van der Waals surface area contributed by atoms with Crippen LogP contribution in [0.1, 0.15) is 31.5 Å². The van der Waals surface area contributed by atoms with Crippen molar-refractivity contribution in [2.24, 2.45) is 0 Å². The minimum atomic E-state index is -0.505. The molecule has 0 radical (unpaired) electrons. The maximum atomic E-state index is 12.4. The molecule has 0 atom stereocenters. The van der Waals surface area contributed by atoms with Gasteiger partial charge in [-0.25, -0.2) is 4.98 Å². The van der Waals surface area contributed by atoms with Crippen molar-refractivity contribution in [3.8, 4) is 0 Å². The summed E-state index contributed by atoms with van der Waals surface area (Å²) >= 11 is 1.60. The van der Waals surface area contributed by atoms with Gasteiger partial charge in [-0.2, -0.15) is 0 Å². The van der Waals surface area contributed by atoms with Crippen LogP contribution in [0, 0.1) is 0 Å². The van der Waals surface area contributed by atoms with Crippen LogP contribution in [0.15, 0.2) is 5.38 Å². The topological polar surface area (TPSA) is 54.5 Å². The average Bonchev–Trinajstić information content (AvgIpc) is 2.93. The van der Waals surface area contributed by atoms with Crippen molar-refractivity contribution in [2.45, 2.75) is 39.3 Å². The van der Waals surface area contributed by atoms with Gasteiger partial charge in [0.05, 0.1) is 31.0 Å². The fourth-order valence-electron chi connectivity index (χ4n) is 2.23. The highest BCUT2D eigenvalue weighted by Crippen LogP contribution is 2.17. The van der Waals surface area contributed by atoms with Crippen LogP contribution in [-0.2, 0) is 22.5 Å². The van der Waals surface area contributed by atoms with Gasteiger partial charge < -0.3 is 10.1 Å². The van der Waals surface area contributed by atoms with E-state index in [4.69, 9.17) is 4.74 Å². The molecule has 0 spiro atoms. The van der Waals surface area contributed by atoms with Crippen LogP contribution in [0.25, 0.3) is 0 Å². The first-order valence-electron chi connectivity index (χ1n) is 7.08. The van der Waals surface area contributed by atoms with E-state index >= 15 is 0 Å². The molecule has 2 heterocycles. The molecule has 0 bridgehead atoms. The molecule has 1 fully saturated rings. The predicted octanol–water partition coefficient (Wildman–Crippen LogP) is 1.43. The van der Waals surface area contributed by atoms with E-state index in [-0.39, 0.29) is 5.91 Å². The van der Waals surface area contributed by atoms with E-state index in [0.29, 0.717) is 19.8 Å². The smallest absolute Gasteiger partial charge is 0.240 e. The third-order valence-electron chi connectivity index (χ3n) is 3.72. The number of amides is 1. The molecule has 1 amide bonds. The number of hydrogen-bond donors (Lipinski definition) is 1. The number of carbonyl (C=O) groups is 1. The summed E-state index contributed by atoms with van der Waals surface area (Å²) in [4.78, 5) is 19.0. The number of aryl methyl sites for hydroxylation is 1. The molecule has 1 N–H and O–H groups in total. The van der Waals surface area contributed by atoms with Crippen LogP contribution < -0.4 is 5.32 Å². The Hall–Kier alpha value is -0.980. The molecule has 1 aromatic heterocycles. The Morgan fingerprint density at radius 1 is 1.50 bits per heavy atom. The van der Waals surface area contributed by atoms with Crippen LogP contribution in [0.2, 0.25) is 0 Å². The third-order valence-corrected chi connectivity index (χ3v) is 4.62. The highest BCUT2D eigenvalue weighted by Gasteiger charge is 2.35. The van der Waals surface area contributed by atoms with Crippen LogP contribution in [0.5, 0.6) is 0 Å². The van der Waals surface area contributed by atoms with Gasteiger partial charge in [0.15, 0.2) is 0 Å². The van der Waals surface area contributed by atoms with Crippen molar-refractivity contribution < 1.29 is 9.53 Å². The third kappa shape index (κ3) is 3.56. The van der Waals surface area contributed by atoms with Gasteiger partial charge in [0.1, 0.15) is 5.01 Å². The van der Waals surface area contributed by atoms with Gasteiger partial charge in [-0.3, -0.25) is 9.69 Å². The van der Waals surface area contributed by atoms with Gasteiger partial charge >= 0.3 is 0 Å². The second-order valence-corrected chi connectivity index (χ2v) is 6.37. The lowest BCUT2D eigenvalue weighted by molar-refractivity contribution is -0.134. The molecule has 1 aromatic rings. The number of carbonyl (C=O) groups excluding carboxylic acids is 1. The summed E-state index contributed by atoms with van der Waals surface area (Å²) in [6.07, 6.45) is 0.934. The summed E-state index contributed by atoms with van der Waals surface area (Å²) in [6, 6.07) is 0. The summed E-state index contributed by atoms with van der Waals surface area (Å²) in [5.41, 5.74) is 0.584. The van der Waals surface area contributed by atoms with Crippen LogP contribution in [0.3, 0.4) is 0 Å². The van der Waals surface area contributed by atoms with Crippen molar-refractivity contribution in [1.29, 1.82) is 0 Å². The Morgan fingerprint density at radius 3 is 2.80 bits per heavy atom. The molecule has 0 saturated carbocycles. The average molecular weight is 297 g/mol. The van der Waals surface area contributed by atoms with E-state index in [1.165, 1.54) is 0 Å². The number of nitrogens with zero attached hydrogens (tertiary/aromatic N) is 2. The Bertz CT molecular complexity index is 453. The van der Waals surface area contributed by atoms with Crippen LogP contribution in [0.4, 0.5) is 0 Å². The summed E-state index contributed by atoms with van der Waals surface area (Å²) < 4.78 is 5.34. The van der Waals surface area contributed by atoms with E-state index in [2.05, 4.69) is 27.5 Å². The Labute approximate surface area is 124 Å². The van der Waals surface area contributed by atoms with Crippen molar-refractivity contribution >= 4 is 17.2 Å². The van der Waals surface area contributed by atoms with Crippen LogP contribution >= 0.6 is 11.3 Å². The van der Waals surface area contributed by atoms with E-state index in [0.717, 1.165) is 30.2 Å². The molecule has 1 aliphatic rings. The number of hydrogen-bond acceptors (Lipinski definition) is 5. The lowest BCUT2D eigenvalue weighted by Gasteiger charge is -2.39. The number of aromatic nitrogens is 1. The molecule has 6 heteroatoms. The monoisotopic (exact) mass is 297 g/mol. The summed E-state index contributed by atoms with van der Waals surface area (Å²) in [5, 5.41) is 6.02. The molecule has 0 aliphatic carbocycles. The second kappa shape index (κ2) is 6.65. The maximum Gasteiger partial charge on any atom is 0.240 e. The highest BCUT2D eigenvalue weighted by atomic mass is 32.1. The number of nitrogens with one attached hydrogen (secondary N) is 1. The fraction of sp³-hybridized carbons (Fsp3) is 0.714. The summed E-state index contributed by atoms with van der Waals surface area (Å²) in [5.74, 6) is 0.0487. The lowest BCUT2D eigenvalue weighted by Crippen LogP contribution is -2.57. The summed E-state index contributed by atoms with van der Waals surface area (Å²) in [6.45, 7) is 9.53. The largest absolute Gasteiger partial charge is 0.379 e. The first-order valence-corrected chi connectivity index (χ1v) is 7.96. The lowest BCUT2D eigenvalue weighted by atomic mass is 10.0. The zero-order valence-electron chi connectivity index (χ0n) is 12.4. The first-order chi connectivity index (χ1) is 9.54. The number of rotatable bonds is 5. The number of thiazole rings is 1. The highest BCUT2D eigenvalue weighted by molar-refractivity contribution is 7.09. The number of ether oxygens (including phenoxy) is 1.